The maximum Gasteiger partial charge on any atom is 0.162 e. The van der Waals surface area contributed by atoms with Gasteiger partial charge < -0.3 is 24.8 Å². The quantitative estimate of drug-likeness (QED) is 0.207. The van der Waals surface area contributed by atoms with Gasteiger partial charge in [0, 0.05) is 51.1 Å². The van der Waals surface area contributed by atoms with Crippen LogP contribution in [0.25, 0.3) is 11.6 Å². The molecule has 0 aliphatic carbocycles. The van der Waals surface area contributed by atoms with Crippen LogP contribution >= 0.6 is 12.6 Å². The molecule has 0 spiro atoms. The smallest absolute Gasteiger partial charge is 0.162 e. The highest BCUT2D eigenvalue weighted by molar-refractivity contribution is 7.80. The molecule has 1 aromatic heterocycles. The van der Waals surface area contributed by atoms with Gasteiger partial charge in [-0.3, -0.25) is 0 Å². The highest BCUT2D eigenvalue weighted by atomic mass is 32.1. The van der Waals surface area contributed by atoms with Gasteiger partial charge in [0.25, 0.3) is 0 Å². The van der Waals surface area contributed by atoms with E-state index in [4.69, 9.17) is 32.7 Å². The first-order valence-electron chi connectivity index (χ1n) is 12.6. The number of ether oxygens (including phenoxy) is 1. The molecular formula is C27H40N6OS. The Kier molecular flexibility index (Phi) is 11.2. The van der Waals surface area contributed by atoms with Crippen LogP contribution in [0.15, 0.2) is 41.4 Å². The number of unbranched alkanes of at least 4 members (excludes halogenated alkanes) is 1. The SMILES string of the molecule is C=C(C=N)/C(=C\C=C/C)c1nc(/C=C/CCCN2CCN(CC)CC2)c(S)c(N2CCOCC2)n1. The minimum Gasteiger partial charge on any atom is -0.378 e. The van der Waals surface area contributed by atoms with E-state index in [1.54, 1.807) is 0 Å². The molecule has 0 unspecified atom stereocenters. The van der Waals surface area contributed by atoms with E-state index in [-0.39, 0.29) is 0 Å². The van der Waals surface area contributed by atoms with E-state index in [2.05, 4.69) is 40.4 Å². The molecule has 2 fully saturated rings. The van der Waals surface area contributed by atoms with E-state index in [9.17, 15) is 0 Å². The van der Waals surface area contributed by atoms with Crippen molar-refractivity contribution in [3.63, 3.8) is 0 Å². The van der Waals surface area contributed by atoms with Crippen molar-refractivity contribution in [2.75, 3.05) is 70.5 Å². The van der Waals surface area contributed by atoms with Gasteiger partial charge in [-0.25, -0.2) is 9.97 Å². The number of rotatable bonds is 11. The summed E-state index contributed by atoms with van der Waals surface area (Å²) in [5.41, 5.74) is 2.10. The van der Waals surface area contributed by atoms with Crippen molar-refractivity contribution < 1.29 is 4.74 Å². The van der Waals surface area contributed by atoms with Gasteiger partial charge in [-0.15, -0.1) is 12.6 Å². The predicted molar refractivity (Wildman–Crippen MR) is 150 cm³/mol. The fraction of sp³-hybridized carbons (Fsp3) is 0.519. The lowest BCUT2D eigenvalue weighted by Crippen LogP contribution is -2.46. The summed E-state index contributed by atoms with van der Waals surface area (Å²) in [6, 6.07) is 0. The molecule has 7 nitrogen and oxygen atoms in total. The predicted octanol–water partition coefficient (Wildman–Crippen LogP) is 4.20. The van der Waals surface area contributed by atoms with E-state index in [1.165, 1.54) is 19.3 Å². The van der Waals surface area contributed by atoms with E-state index in [1.807, 2.05) is 25.2 Å². The molecule has 3 heterocycles. The lowest BCUT2D eigenvalue weighted by atomic mass is 10.1. The Morgan fingerprint density at radius 3 is 2.49 bits per heavy atom. The summed E-state index contributed by atoms with van der Waals surface area (Å²) in [6.07, 6.45) is 13.4. The van der Waals surface area contributed by atoms with Gasteiger partial charge in [0.2, 0.25) is 0 Å². The first-order valence-corrected chi connectivity index (χ1v) is 13.1. The second-order valence-electron chi connectivity index (χ2n) is 8.80. The molecule has 2 aliphatic heterocycles. The summed E-state index contributed by atoms with van der Waals surface area (Å²) in [5, 5.41) is 7.73. The monoisotopic (exact) mass is 496 g/mol. The van der Waals surface area contributed by atoms with Crippen LogP contribution in [0.5, 0.6) is 0 Å². The van der Waals surface area contributed by atoms with Crippen molar-refractivity contribution in [2.45, 2.75) is 31.6 Å². The number of nitrogens with zero attached hydrogens (tertiary/aromatic N) is 5. The maximum atomic E-state index is 7.73. The summed E-state index contributed by atoms with van der Waals surface area (Å²) >= 11 is 4.84. The number of hydrogen-bond donors (Lipinski definition) is 2. The number of morpholine rings is 1. The van der Waals surface area contributed by atoms with Gasteiger partial charge in [-0.05, 0) is 44.5 Å². The van der Waals surface area contributed by atoms with Crippen molar-refractivity contribution in [1.29, 1.82) is 5.41 Å². The molecule has 0 amide bonds. The van der Waals surface area contributed by atoms with Crippen LogP contribution in [0.1, 0.15) is 38.2 Å². The van der Waals surface area contributed by atoms with E-state index in [0.717, 1.165) is 74.1 Å². The minimum absolute atomic E-state index is 0.560. The highest BCUT2D eigenvalue weighted by Gasteiger charge is 2.21. The largest absolute Gasteiger partial charge is 0.378 e. The lowest BCUT2D eigenvalue weighted by Gasteiger charge is -2.33. The summed E-state index contributed by atoms with van der Waals surface area (Å²) in [5.74, 6) is 1.36. The van der Waals surface area contributed by atoms with Crippen molar-refractivity contribution in [1.82, 2.24) is 19.8 Å². The Labute approximate surface area is 216 Å². The lowest BCUT2D eigenvalue weighted by molar-refractivity contribution is 0.122. The van der Waals surface area contributed by atoms with E-state index in [0.29, 0.717) is 24.6 Å². The fourth-order valence-electron chi connectivity index (χ4n) is 4.24. The normalized spacial score (nSPS) is 18.6. The van der Waals surface area contributed by atoms with Crippen molar-refractivity contribution >= 4 is 36.3 Å². The Hall–Kier alpha value is -2.26. The molecule has 0 bridgehead atoms. The van der Waals surface area contributed by atoms with Gasteiger partial charge >= 0.3 is 0 Å². The van der Waals surface area contributed by atoms with Crippen LogP contribution in [-0.2, 0) is 4.74 Å². The summed E-state index contributed by atoms with van der Waals surface area (Å²) in [6.45, 7) is 18.0. The fourth-order valence-corrected chi connectivity index (χ4v) is 4.56. The van der Waals surface area contributed by atoms with E-state index >= 15 is 0 Å². The molecule has 190 valence electrons. The third-order valence-electron chi connectivity index (χ3n) is 6.45. The average Bonchev–Trinajstić information content (AvgIpc) is 2.90. The molecule has 0 atom stereocenters. The Balaban J connectivity index is 1.77. The first-order chi connectivity index (χ1) is 17.1. The van der Waals surface area contributed by atoms with Crippen LogP contribution < -0.4 is 4.90 Å². The van der Waals surface area contributed by atoms with Gasteiger partial charge in [-0.1, -0.05) is 37.8 Å². The molecule has 2 saturated heterocycles. The Bertz CT molecular complexity index is 943. The molecule has 8 heteroatoms. The molecular weight excluding hydrogens is 456 g/mol. The van der Waals surface area contributed by atoms with Gasteiger partial charge in [0.15, 0.2) is 5.82 Å². The third-order valence-corrected chi connectivity index (χ3v) is 6.88. The molecule has 2 aliphatic rings. The number of anilines is 1. The molecule has 0 saturated carbocycles. The second kappa shape index (κ2) is 14.3. The van der Waals surface area contributed by atoms with E-state index < -0.39 is 0 Å². The minimum atomic E-state index is 0.560. The van der Waals surface area contributed by atoms with Crippen LogP contribution in [0.4, 0.5) is 5.82 Å². The number of hydrogen-bond acceptors (Lipinski definition) is 8. The number of aromatic nitrogens is 2. The number of thiol groups is 1. The Morgan fingerprint density at radius 1 is 1.11 bits per heavy atom. The third kappa shape index (κ3) is 7.87. The molecule has 1 N–H and O–H groups in total. The molecule has 0 radical (unpaired) electrons. The number of nitrogens with one attached hydrogen (secondary N) is 1. The van der Waals surface area contributed by atoms with Gasteiger partial charge in [0.05, 0.1) is 23.8 Å². The topological polar surface area (TPSA) is 68.6 Å². The van der Waals surface area contributed by atoms with Crippen molar-refractivity contribution in [3.05, 3.63) is 48.0 Å². The highest BCUT2D eigenvalue weighted by Crippen LogP contribution is 2.30. The van der Waals surface area contributed by atoms with Gasteiger partial charge in [0.1, 0.15) is 5.82 Å². The summed E-state index contributed by atoms with van der Waals surface area (Å²) < 4.78 is 5.54. The molecule has 0 aromatic carbocycles. The van der Waals surface area contributed by atoms with Crippen LogP contribution in [0.3, 0.4) is 0 Å². The zero-order valence-corrected chi connectivity index (χ0v) is 22.1. The molecule has 35 heavy (non-hydrogen) atoms. The number of likely N-dealkylation sites (N-methyl/N-ethyl adjacent to an activating group) is 1. The first kappa shape index (κ1) is 27.3. The van der Waals surface area contributed by atoms with Crippen LogP contribution in [0, 0.1) is 5.41 Å². The Morgan fingerprint density at radius 2 is 1.83 bits per heavy atom. The zero-order valence-electron chi connectivity index (χ0n) is 21.2. The second-order valence-corrected chi connectivity index (χ2v) is 9.25. The van der Waals surface area contributed by atoms with Crippen molar-refractivity contribution in [3.8, 4) is 0 Å². The number of allylic oxidation sites excluding steroid dienone is 6. The summed E-state index contributed by atoms with van der Waals surface area (Å²) in [7, 11) is 0. The zero-order chi connectivity index (χ0) is 25.0. The van der Waals surface area contributed by atoms with Gasteiger partial charge in [-0.2, -0.15) is 0 Å². The standard InChI is InChI=1S/C27H40N6OS/c1-4-6-10-23(22(3)21-28)26-29-24(25(35)27(30-26)33-17-19-34-20-18-33)11-8-7-9-12-32-15-13-31(5-2)14-16-32/h4,6,8,10-11,21,28,35H,3,5,7,9,12-20H2,1-2H3/b6-4-,11-8+,23-10+,28-21?. The molecule has 3 rings (SSSR count). The van der Waals surface area contributed by atoms with Crippen LogP contribution in [-0.4, -0.2) is 91.6 Å². The maximum absolute atomic E-state index is 7.73. The van der Waals surface area contributed by atoms with Crippen molar-refractivity contribution in [2.24, 2.45) is 0 Å². The van der Waals surface area contributed by atoms with Crippen LogP contribution in [0.2, 0.25) is 0 Å². The molecule has 1 aromatic rings. The number of piperazine rings is 1. The average molecular weight is 497 g/mol. The summed E-state index contributed by atoms with van der Waals surface area (Å²) in [4.78, 5) is 17.8.